The minimum absolute atomic E-state index is 0.0350. The van der Waals surface area contributed by atoms with Crippen LogP contribution in [0.1, 0.15) is 28.9 Å². The van der Waals surface area contributed by atoms with Crippen LogP contribution in [0.4, 0.5) is 4.79 Å². The Balaban J connectivity index is 2.02. The number of benzene rings is 2. The predicted molar refractivity (Wildman–Crippen MR) is 96.2 cm³/mol. The van der Waals surface area contributed by atoms with Crippen LogP contribution in [0.2, 0.25) is 0 Å². The molecule has 0 spiro atoms. The first-order chi connectivity index (χ1) is 12.5. The number of aliphatic carboxylic acids is 1. The van der Waals surface area contributed by atoms with Crippen molar-refractivity contribution in [3.8, 4) is 0 Å². The molecule has 0 aliphatic heterocycles. The number of rotatable bonds is 6. The lowest BCUT2D eigenvalue weighted by molar-refractivity contribution is -0.131. The highest BCUT2D eigenvalue weighted by Crippen LogP contribution is 2.12. The van der Waals surface area contributed by atoms with Gasteiger partial charge in [-0.05, 0) is 24.6 Å². The lowest BCUT2D eigenvalue weighted by atomic mass is 10.1. The van der Waals surface area contributed by atoms with Crippen molar-refractivity contribution in [2.24, 2.45) is 0 Å². The maximum Gasteiger partial charge on any atom is 0.331 e. The first-order valence-electron chi connectivity index (χ1n) is 7.89. The van der Waals surface area contributed by atoms with Crippen LogP contribution in [0.15, 0.2) is 72.6 Å². The van der Waals surface area contributed by atoms with Gasteiger partial charge in [0.15, 0.2) is 0 Å². The number of nitrogens with one attached hydrogen (secondary N) is 3. The van der Waals surface area contributed by atoms with Gasteiger partial charge in [0.2, 0.25) is 0 Å². The van der Waals surface area contributed by atoms with E-state index in [1.807, 2.05) is 37.3 Å². The molecule has 0 heterocycles. The van der Waals surface area contributed by atoms with Crippen molar-refractivity contribution in [2.75, 3.05) is 0 Å². The normalized spacial score (nSPS) is 12.0. The Bertz CT molecular complexity index is 804. The van der Waals surface area contributed by atoms with E-state index < -0.39 is 17.9 Å². The second-order valence-electron chi connectivity index (χ2n) is 5.45. The summed E-state index contributed by atoms with van der Waals surface area (Å²) in [6.07, 6.45) is 0.825. The van der Waals surface area contributed by atoms with Crippen LogP contribution in [-0.2, 0) is 4.79 Å². The van der Waals surface area contributed by atoms with E-state index in [-0.39, 0.29) is 11.9 Å². The lowest BCUT2D eigenvalue weighted by Crippen LogP contribution is -2.42. The second kappa shape index (κ2) is 9.03. The molecule has 3 amide bonds. The molecule has 1 atom stereocenters. The fraction of sp³-hybridized carbons (Fsp3) is 0.105. The van der Waals surface area contributed by atoms with Gasteiger partial charge in [-0.1, -0.05) is 48.5 Å². The van der Waals surface area contributed by atoms with E-state index in [0.717, 1.165) is 11.6 Å². The van der Waals surface area contributed by atoms with Gasteiger partial charge < -0.3 is 10.4 Å². The number of carboxylic acid groups (broad SMARTS) is 1. The Kier molecular flexibility index (Phi) is 6.50. The molecular formula is C19H19N3O4. The molecular weight excluding hydrogens is 334 g/mol. The highest BCUT2D eigenvalue weighted by molar-refractivity contribution is 6.04. The number of imide groups is 1. The molecule has 7 heteroatoms. The molecule has 134 valence electrons. The number of hydrogen-bond acceptors (Lipinski definition) is 4. The smallest absolute Gasteiger partial charge is 0.331 e. The van der Waals surface area contributed by atoms with Crippen molar-refractivity contribution in [1.29, 1.82) is 0 Å². The second-order valence-corrected chi connectivity index (χ2v) is 5.45. The number of carboxylic acids is 1. The summed E-state index contributed by atoms with van der Waals surface area (Å²) in [6.45, 7) is 1.82. The summed E-state index contributed by atoms with van der Waals surface area (Å²) in [5, 5.41) is 16.4. The highest BCUT2D eigenvalue weighted by atomic mass is 16.4. The van der Waals surface area contributed by atoms with Crippen molar-refractivity contribution in [1.82, 2.24) is 16.0 Å². The van der Waals surface area contributed by atoms with Gasteiger partial charge in [0.25, 0.3) is 5.91 Å². The molecule has 7 nitrogen and oxygen atoms in total. The molecule has 0 aliphatic rings. The third-order valence-corrected chi connectivity index (χ3v) is 3.45. The molecule has 0 saturated heterocycles. The summed E-state index contributed by atoms with van der Waals surface area (Å²) in [7, 11) is 0. The van der Waals surface area contributed by atoms with E-state index in [1.165, 1.54) is 0 Å². The van der Waals surface area contributed by atoms with Crippen molar-refractivity contribution >= 4 is 17.9 Å². The van der Waals surface area contributed by atoms with Gasteiger partial charge in [-0.15, -0.1) is 0 Å². The van der Waals surface area contributed by atoms with E-state index >= 15 is 0 Å². The molecule has 0 aliphatic carbocycles. The van der Waals surface area contributed by atoms with E-state index in [4.69, 9.17) is 5.11 Å². The molecule has 2 aromatic rings. The first-order valence-corrected chi connectivity index (χ1v) is 7.89. The van der Waals surface area contributed by atoms with Crippen molar-refractivity contribution in [3.05, 3.63) is 83.7 Å². The van der Waals surface area contributed by atoms with Crippen LogP contribution >= 0.6 is 0 Å². The summed E-state index contributed by atoms with van der Waals surface area (Å²) in [5.74, 6) is -1.86. The van der Waals surface area contributed by atoms with Gasteiger partial charge in [0.1, 0.15) is 5.82 Å². The van der Waals surface area contributed by atoms with Gasteiger partial charge in [0, 0.05) is 11.6 Å². The fourth-order valence-electron chi connectivity index (χ4n) is 2.21. The zero-order valence-electron chi connectivity index (χ0n) is 14.1. The number of carbonyl (C=O) groups excluding carboxylic acids is 2. The van der Waals surface area contributed by atoms with Crippen molar-refractivity contribution < 1.29 is 19.5 Å². The van der Waals surface area contributed by atoms with Crippen LogP contribution < -0.4 is 16.0 Å². The average Bonchev–Trinajstić information content (AvgIpc) is 2.62. The lowest BCUT2D eigenvalue weighted by Gasteiger charge is -2.18. The summed E-state index contributed by atoms with van der Waals surface area (Å²) in [6, 6.07) is 16.4. The molecule has 0 saturated carbocycles. The molecule has 26 heavy (non-hydrogen) atoms. The molecule has 2 aromatic carbocycles. The SMILES string of the molecule is CC(NC(=CC(=O)O)NC(=O)NC(=O)c1ccccc1)c1ccccc1. The average molecular weight is 353 g/mol. The minimum Gasteiger partial charge on any atom is -0.478 e. The monoisotopic (exact) mass is 353 g/mol. The largest absolute Gasteiger partial charge is 0.478 e. The third kappa shape index (κ3) is 5.79. The topological polar surface area (TPSA) is 108 Å². The van der Waals surface area contributed by atoms with E-state index in [1.54, 1.807) is 30.3 Å². The molecule has 0 aromatic heterocycles. The first kappa shape index (κ1) is 18.7. The zero-order chi connectivity index (χ0) is 18.9. The summed E-state index contributed by atoms with van der Waals surface area (Å²) in [4.78, 5) is 35.0. The van der Waals surface area contributed by atoms with E-state index in [9.17, 15) is 14.4 Å². The van der Waals surface area contributed by atoms with Gasteiger partial charge in [-0.3, -0.25) is 15.4 Å². The van der Waals surface area contributed by atoms with Crippen LogP contribution in [0.3, 0.4) is 0 Å². The minimum atomic E-state index is -1.23. The van der Waals surface area contributed by atoms with Crippen molar-refractivity contribution in [2.45, 2.75) is 13.0 Å². The van der Waals surface area contributed by atoms with E-state index in [0.29, 0.717) is 5.56 Å². The number of amides is 3. The summed E-state index contributed by atoms with van der Waals surface area (Å²) in [5.41, 5.74) is 1.23. The Hall–Kier alpha value is -3.61. The maximum absolute atomic E-state index is 12.0. The number of urea groups is 1. The quantitative estimate of drug-likeness (QED) is 0.597. The Morgan fingerprint density at radius 2 is 1.50 bits per heavy atom. The van der Waals surface area contributed by atoms with Gasteiger partial charge in [-0.2, -0.15) is 0 Å². The van der Waals surface area contributed by atoms with E-state index in [2.05, 4.69) is 16.0 Å². The molecule has 0 bridgehead atoms. The van der Waals surface area contributed by atoms with Crippen LogP contribution in [0.5, 0.6) is 0 Å². The molecule has 0 fully saturated rings. The predicted octanol–water partition coefficient (Wildman–Crippen LogP) is 2.40. The standard InChI is InChI=1S/C19H19N3O4/c1-13(14-8-4-2-5-9-14)20-16(12-17(23)24)21-19(26)22-18(25)15-10-6-3-7-11-15/h2-13,20H,1H3,(H,23,24)(H2,21,22,25,26). The van der Waals surface area contributed by atoms with Crippen LogP contribution in [-0.4, -0.2) is 23.0 Å². The van der Waals surface area contributed by atoms with Crippen LogP contribution in [0, 0.1) is 0 Å². The Morgan fingerprint density at radius 1 is 0.923 bits per heavy atom. The molecule has 1 unspecified atom stereocenters. The van der Waals surface area contributed by atoms with Crippen molar-refractivity contribution in [3.63, 3.8) is 0 Å². The van der Waals surface area contributed by atoms with Crippen LogP contribution in [0.25, 0.3) is 0 Å². The molecule has 4 N–H and O–H groups in total. The number of carbonyl (C=O) groups is 3. The molecule has 2 rings (SSSR count). The Labute approximate surface area is 150 Å². The zero-order valence-corrected chi connectivity index (χ0v) is 14.1. The number of hydrogen-bond donors (Lipinski definition) is 4. The fourth-order valence-corrected chi connectivity index (χ4v) is 2.21. The maximum atomic E-state index is 12.0. The summed E-state index contributed by atoms with van der Waals surface area (Å²) < 4.78 is 0. The highest BCUT2D eigenvalue weighted by Gasteiger charge is 2.14. The third-order valence-electron chi connectivity index (χ3n) is 3.45. The summed E-state index contributed by atoms with van der Waals surface area (Å²) >= 11 is 0. The van der Waals surface area contributed by atoms with Gasteiger partial charge >= 0.3 is 12.0 Å². The molecule has 0 radical (unpaired) electrons. The van der Waals surface area contributed by atoms with Gasteiger partial charge in [-0.25, -0.2) is 9.59 Å². The Morgan fingerprint density at radius 3 is 2.08 bits per heavy atom. The van der Waals surface area contributed by atoms with Gasteiger partial charge in [0.05, 0.1) is 6.08 Å².